The van der Waals surface area contributed by atoms with Gasteiger partial charge >= 0.3 is 18.0 Å². The molecule has 0 spiro atoms. The third kappa shape index (κ3) is 9.70. The fourth-order valence-electron chi connectivity index (χ4n) is 1.73. The molecule has 126 valence electrons. The summed E-state index contributed by atoms with van der Waals surface area (Å²) in [5, 5.41) is 24.9. The van der Waals surface area contributed by atoms with E-state index in [1.807, 2.05) is 7.05 Å². The lowest BCUT2D eigenvalue weighted by Crippen LogP contribution is -2.49. The third-order valence-corrected chi connectivity index (χ3v) is 2.92. The summed E-state index contributed by atoms with van der Waals surface area (Å²) in [6.45, 7) is 0.800. The first-order chi connectivity index (χ1) is 10.4. The first-order valence-electron chi connectivity index (χ1n) is 7.02. The molecular weight excluding hydrogens is 294 g/mol. The predicted molar refractivity (Wildman–Crippen MR) is 77.6 cm³/mol. The number of carboxylic acid groups (broad SMARTS) is 2. The quantitative estimate of drug-likeness (QED) is 0.242. The molecule has 22 heavy (non-hydrogen) atoms. The number of hydrogen-bond donors (Lipinski definition) is 5. The molecular formula is C13H23N3O6. The van der Waals surface area contributed by atoms with Crippen LogP contribution in [0.2, 0.25) is 0 Å². The number of rotatable bonds is 12. The van der Waals surface area contributed by atoms with Crippen molar-refractivity contribution in [1.29, 1.82) is 0 Å². The normalized spacial score (nSPS) is 13.0. The largest absolute Gasteiger partial charge is 0.481 e. The number of amides is 2. The van der Waals surface area contributed by atoms with Crippen LogP contribution in [0.5, 0.6) is 0 Å². The van der Waals surface area contributed by atoms with E-state index in [-0.39, 0.29) is 12.8 Å². The number of nitrogens with one attached hydrogen (secondary N) is 3. The lowest BCUT2D eigenvalue weighted by Gasteiger charge is -2.17. The van der Waals surface area contributed by atoms with E-state index in [2.05, 4.69) is 16.0 Å². The smallest absolute Gasteiger partial charge is 0.326 e. The molecule has 0 aromatic carbocycles. The highest BCUT2D eigenvalue weighted by atomic mass is 16.4. The van der Waals surface area contributed by atoms with Crippen LogP contribution in [0, 0.1) is 0 Å². The van der Waals surface area contributed by atoms with Gasteiger partial charge in [-0.2, -0.15) is 0 Å². The van der Waals surface area contributed by atoms with Crippen LogP contribution in [0.25, 0.3) is 0 Å². The maximum atomic E-state index is 11.7. The summed E-state index contributed by atoms with van der Waals surface area (Å²) in [5.74, 6) is -2.48. The molecule has 2 amide bonds. The van der Waals surface area contributed by atoms with Crippen molar-refractivity contribution in [3.05, 3.63) is 0 Å². The Morgan fingerprint density at radius 1 is 1.09 bits per heavy atom. The number of urea groups is 1. The molecule has 0 fully saturated rings. The second kappa shape index (κ2) is 11.5. The van der Waals surface area contributed by atoms with Crippen molar-refractivity contribution < 1.29 is 29.4 Å². The average Bonchev–Trinajstić information content (AvgIpc) is 2.46. The van der Waals surface area contributed by atoms with Crippen LogP contribution >= 0.6 is 0 Å². The number of aliphatic carboxylic acids is 2. The third-order valence-electron chi connectivity index (χ3n) is 2.92. The Bertz CT molecular complexity index is 388. The molecule has 9 nitrogen and oxygen atoms in total. The zero-order chi connectivity index (χ0) is 17.0. The van der Waals surface area contributed by atoms with Crippen molar-refractivity contribution in [2.24, 2.45) is 0 Å². The van der Waals surface area contributed by atoms with Crippen LogP contribution in [-0.4, -0.2) is 60.1 Å². The zero-order valence-electron chi connectivity index (χ0n) is 12.5. The predicted octanol–water partition coefficient (Wildman–Crippen LogP) is -0.439. The van der Waals surface area contributed by atoms with Crippen molar-refractivity contribution in [2.45, 2.75) is 44.2 Å². The number of aldehydes is 1. The van der Waals surface area contributed by atoms with Crippen molar-refractivity contribution in [3.63, 3.8) is 0 Å². The standard InChI is InChI=1S/C13H23N3O6/c1-14-7-3-2-4-9(8-17)15-13(22)16-10(12(20)21)5-6-11(18)19/h8-10,14H,2-7H2,1H3,(H,18,19)(H,20,21)(H2,15,16,22). The van der Waals surface area contributed by atoms with Gasteiger partial charge in [0, 0.05) is 6.42 Å². The molecule has 2 unspecified atom stereocenters. The summed E-state index contributed by atoms with van der Waals surface area (Å²) < 4.78 is 0. The number of hydrogen-bond acceptors (Lipinski definition) is 5. The summed E-state index contributed by atoms with van der Waals surface area (Å²) in [4.78, 5) is 43.9. The van der Waals surface area contributed by atoms with Gasteiger partial charge in [-0.25, -0.2) is 9.59 Å². The zero-order valence-corrected chi connectivity index (χ0v) is 12.5. The summed E-state index contributed by atoms with van der Waals surface area (Å²) in [5.41, 5.74) is 0. The SMILES string of the molecule is CNCCCCC(C=O)NC(=O)NC(CCC(=O)O)C(=O)O. The highest BCUT2D eigenvalue weighted by Gasteiger charge is 2.22. The van der Waals surface area contributed by atoms with Gasteiger partial charge in [-0.05, 0) is 39.3 Å². The number of unbranched alkanes of at least 4 members (excludes halogenated alkanes) is 1. The van der Waals surface area contributed by atoms with Crippen molar-refractivity contribution in [2.75, 3.05) is 13.6 Å². The number of carbonyl (C=O) groups is 4. The molecule has 5 N–H and O–H groups in total. The minimum absolute atomic E-state index is 0.230. The molecule has 0 aliphatic carbocycles. The van der Waals surface area contributed by atoms with E-state index >= 15 is 0 Å². The monoisotopic (exact) mass is 317 g/mol. The van der Waals surface area contributed by atoms with Crippen LogP contribution in [0.4, 0.5) is 4.79 Å². The van der Waals surface area contributed by atoms with Gasteiger partial charge in [0.05, 0.1) is 6.04 Å². The molecule has 0 saturated carbocycles. The highest BCUT2D eigenvalue weighted by Crippen LogP contribution is 2.00. The minimum Gasteiger partial charge on any atom is -0.481 e. The fourth-order valence-corrected chi connectivity index (χ4v) is 1.73. The van der Waals surface area contributed by atoms with Gasteiger partial charge in [0.1, 0.15) is 12.3 Å². The Hall–Kier alpha value is -2.16. The topological polar surface area (TPSA) is 145 Å². The van der Waals surface area contributed by atoms with E-state index in [9.17, 15) is 19.2 Å². The molecule has 9 heteroatoms. The Balaban J connectivity index is 4.26. The molecule has 2 atom stereocenters. The van der Waals surface area contributed by atoms with E-state index in [0.29, 0.717) is 12.7 Å². The van der Waals surface area contributed by atoms with Gasteiger partial charge in [-0.1, -0.05) is 0 Å². The van der Waals surface area contributed by atoms with E-state index in [1.54, 1.807) is 0 Å². The Morgan fingerprint density at radius 3 is 2.27 bits per heavy atom. The van der Waals surface area contributed by atoms with Crippen molar-refractivity contribution >= 4 is 24.3 Å². The van der Waals surface area contributed by atoms with Crippen LogP contribution < -0.4 is 16.0 Å². The maximum absolute atomic E-state index is 11.7. The molecule has 0 aliphatic rings. The molecule has 0 heterocycles. The van der Waals surface area contributed by atoms with Crippen LogP contribution in [0.15, 0.2) is 0 Å². The molecule has 0 bridgehead atoms. The van der Waals surface area contributed by atoms with E-state index in [4.69, 9.17) is 10.2 Å². The molecule has 0 aromatic rings. The molecule has 0 aromatic heterocycles. The molecule has 0 rings (SSSR count). The number of carboxylic acids is 2. The maximum Gasteiger partial charge on any atom is 0.326 e. The summed E-state index contributed by atoms with van der Waals surface area (Å²) in [7, 11) is 1.81. The van der Waals surface area contributed by atoms with E-state index in [0.717, 1.165) is 19.4 Å². The van der Waals surface area contributed by atoms with Gasteiger partial charge in [-0.3, -0.25) is 4.79 Å². The number of carbonyl (C=O) groups excluding carboxylic acids is 2. The average molecular weight is 317 g/mol. The lowest BCUT2D eigenvalue weighted by molar-refractivity contribution is -0.140. The molecule has 0 radical (unpaired) electrons. The van der Waals surface area contributed by atoms with E-state index in [1.165, 1.54) is 0 Å². The first-order valence-corrected chi connectivity index (χ1v) is 7.02. The summed E-state index contributed by atoms with van der Waals surface area (Å²) >= 11 is 0. The van der Waals surface area contributed by atoms with E-state index < -0.39 is 30.1 Å². The van der Waals surface area contributed by atoms with Crippen LogP contribution in [0.1, 0.15) is 32.1 Å². The second-order valence-electron chi connectivity index (χ2n) is 4.78. The fraction of sp³-hybridized carbons (Fsp3) is 0.692. The van der Waals surface area contributed by atoms with Gasteiger partial charge in [0.25, 0.3) is 0 Å². The van der Waals surface area contributed by atoms with Gasteiger partial charge < -0.3 is 31.0 Å². The highest BCUT2D eigenvalue weighted by molar-refractivity contribution is 5.84. The Labute approximate surface area is 128 Å². The van der Waals surface area contributed by atoms with Crippen molar-refractivity contribution in [1.82, 2.24) is 16.0 Å². The van der Waals surface area contributed by atoms with Crippen LogP contribution in [0.3, 0.4) is 0 Å². The van der Waals surface area contributed by atoms with Gasteiger partial charge in [0.2, 0.25) is 0 Å². The Morgan fingerprint density at radius 2 is 1.77 bits per heavy atom. The summed E-state index contributed by atoms with van der Waals surface area (Å²) in [6.07, 6.45) is 2.01. The van der Waals surface area contributed by atoms with Gasteiger partial charge in [-0.15, -0.1) is 0 Å². The molecule has 0 aliphatic heterocycles. The van der Waals surface area contributed by atoms with Crippen LogP contribution in [-0.2, 0) is 14.4 Å². The summed E-state index contributed by atoms with van der Waals surface area (Å²) in [6, 6.07) is -2.82. The van der Waals surface area contributed by atoms with Gasteiger partial charge in [0.15, 0.2) is 0 Å². The van der Waals surface area contributed by atoms with Crippen molar-refractivity contribution in [3.8, 4) is 0 Å². The Kier molecular flexibility index (Phi) is 10.4. The molecule has 0 saturated heterocycles. The second-order valence-corrected chi connectivity index (χ2v) is 4.78. The minimum atomic E-state index is -1.33. The first kappa shape index (κ1) is 19.8. The lowest BCUT2D eigenvalue weighted by atomic mass is 10.1.